The molecule has 1 aliphatic rings. The van der Waals surface area contributed by atoms with Crippen LogP contribution in [0.3, 0.4) is 0 Å². The normalized spacial score (nSPS) is 15.7. The molecule has 194 valence electrons. The minimum atomic E-state index is -0.481. The zero-order valence-electron chi connectivity index (χ0n) is 20.8. The van der Waals surface area contributed by atoms with Crippen LogP contribution >= 0.6 is 11.3 Å². The molecule has 2 N–H and O–H groups in total. The maximum Gasteiger partial charge on any atom is 0.248 e. The molecule has 1 amide bonds. The Kier molecular flexibility index (Phi) is 6.89. The highest BCUT2D eigenvalue weighted by molar-refractivity contribution is 7.07. The summed E-state index contributed by atoms with van der Waals surface area (Å²) in [5.74, 6) is 1.06. The summed E-state index contributed by atoms with van der Waals surface area (Å²) in [5, 5.41) is 16.8. The molecule has 9 nitrogen and oxygen atoms in total. The molecule has 2 aromatic carbocycles. The summed E-state index contributed by atoms with van der Waals surface area (Å²) in [6.07, 6.45) is 6.44. The fraction of sp³-hybridized carbons (Fsp3) is 0.286. The van der Waals surface area contributed by atoms with Crippen LogP contribution in [0, 0.1) is 0 Å². The van der Waals surface area contributed by atoms with Gasteiger partial charge in [0.15, 0.2) is 0 Å². The Bertz CT molecular complexity index is 1560. The van der Waals surface area contributed by atoms with Gasteiger partial charge >= 0.3 is 0 Å². The lowest BCUT2D eigenvalue weighted by molar-refractivity contribution is -0.138. The Morgan fingerprint density at radius 2 is 2.11 bits per heavy atom. The number of ether oxygens (including phenoxy) is 1. The number of hydrogen-bond acceptors (Lipinski definition) is 8. The number of fused-ring (bicyclic) bond motifs is 2. The van der Waals surface area contributed by atoms with Crippen LogP contribution in [0.25, 0.3) is 21.8 Å². The van der Waals surface area contributed by atoms with Crippen molar-refractivity contribution in [2.24, 2.45) is 0 Å². The summed E-state index contributed by atoms with van der Waals surface area (Å²) in [6.45, 7) is 1.25. The first kappa shape index (κ1) is 24.3. The monoisotopic (exact) mass is 528 g/mol. The van der Waals surface area contributed by atoms with Gasteiger partial charge in [0.05, 0.1) is 34.7 Å². The number of piperidine rings is 1. The van der Waals surface area contributed by atoms with Crippen molar-refractivity contribution in [1.29, 1.82) is 0 Å². The van der Waals surface area contributed by atoms with Gasteiger partial charge in [0.1, 0.15) is 31.1 Å². The van der Waals surface area contributed by atoms with Crippen molar-refractivity contribution >= 4 is 50.6 Å². The number of aromatic nitrogens is 4. The Morgan fingerprint density at radius 3 is 2.97 bits per heavy atom. The lowest BCUT2D eigenvalue weighted by Gasteiger charge is -2.35. The van der Waals surface area contributed by atoms with Gasteiger partial charge in [-0.05, 0) is 55.7 Å². The highest BCUT2D eigenvalue weighted by Gasteiger charge is 2.27. The third kappa shape index (κ3) is 4.92. The van der Waals surface area contributed by atoms with Gasteiger partial charge < -0.3 is 24.6 Å². The molecule has 0 unspecified atom stereocenters. The molecule has 1 aliphatic heterocycles. The highest BCUT2D eigenvalue weighted by atomic mass is 32.1. The smallest absolute Gasteiger partial charge is 0.248 e. The second kappa shape index (κ2) is 10.8. The van der Waals surface area contributed by atoms with E-state index < -0.39 is 6.61 Å². The van der Waals surface area contributed by atoms with Gasteiger partial charge in [-0.15, -0.1) is 11.3 Å². The van der Waals surface area contributed by atoms with Crippen LogP contribution in [0.5, 0.6) is 5.75 Å². The molecule has 0 saturated carbocycles. The van der Waals surface area contributed by atoms with E-state index >= 15 is 0 Å². The molecule has 3 aromatic heterocycles. The van der Waals surface area contributed by atoms with Crippen LogP contribution in [0.4, 0.5) is 11.5 Å². The van der Waals surface area contributed by atoms with E-state index in [1.165, 1.54) is 0 Å². The van der Waals surface area contributed by atoms with Gasteiger partial charge in [-0.3, -0.25) is 4.79 Å². The van der Waals surface area contributed by atoms with E-state index in [2.05, 4.69) is 54.6 Å². The van der Waals surface area contributed by atoms with Crippen molar-refractivity contribution in [2.45, 2.75) is 31.8 Å². The number of rotatable bonds is 8. The lowest BCUT2D eigenvalue weighted by atomic mass is 10.0. The molecule has 5 aromatic rings. The number of aliphatic hydroxyl groups is 1. The zero-order valence-corrected chi connectivity index (χ0v) is 21.6. The van der Waals surface area contributed by atoms with Crippen LogP contribution in [-0.2, 0) is 11.3 Å². The number of aliphatic hydroxyl groups excluding tert-OH is 1. The van der Waals surface area contributed by atoms with Crippen LogP contribution in [0.15, 0.2) is 65.9 Å². The quantitative estimate of drug-likeness (QED) is 0.304. The molecule has 0 radical (unpaired) electrons. The summed E-state index contributed by atoms with van der Waals surface area (Å²) in [4.78, 5) is 27.3. The van der Waals surface area contributed by atoms with Gasteiger partial charge in [-0.2, -0.15) is 0 Å². The van der Waals surface area contributed by atoms with Crippen LogP contribution < -0.4 is 10.1 Å². The number of carbonyl (C=O) groups excluding carboxylic acids is 1. The summed E-state index contributed by atoms with van der Waals surface area (Å²) < 4.78 is 8.47. The molecule has 0 aliphatic carbocycles. The molecule has 1 saturated heterocycles. The van der Waals surface area contributed by atoms with Crippen molar-refractivity contribution in [3.63, 3.8) is 0 Å². The molecule has 10 heteroatoms. The third-order valence-electron chi connectivity index (χ3n) is 6.99. The van der Waals surface area contributed by atoms with E-state index in [1.807, 2.05) is 29.8 Å². The summed E-state index contributed by atoms with van der Waals surface area (Å²) >= 11 is 1.60. The fourth-order valence-electron chi connectivity index (χ4n) is 5.12. The van der Waals surface area contributed by atoms with Gasteiger partial charge in [0.25, 0.3) is 0 Å². The molecule has 1 fully saturated rings. The van der Waals surface area contributed by atoms with E-state index in [1.54, 1.807) is 22.6 Å². The summed E-state index contributed by atoms with van der Waals surface area (Å²) in [7, 11) is 0. The maximum atomic E-state index is 12.2. The summed E-state index contributed by atoms with van der Waals surface area (Å²) in [5.41, 5.74) is 5.71. The minimum absolute atomic E-state index is 0.0737. The topological polar surface area (TPSA) is 105 Å². The molecule has 6 rings (SSSR count). The van der Waals surface area contributed by atoms with E-state index in [4.69, 9.17) is 4.74 Å². The van der Waals surface area contributed by atoms with Gasteiger partial charge in [-0.1, -0.05) is 6.07 Å². The predicted octanol–water partition coefficient (Wildman–Crippen LogP) is 4.59. The minimum Gasteiger partial charge on any atom is -0.491 e. The molecule has 0 spiro atoms. The number of nitrogens with one attached hydrogen (secondary N) is 1. The molecule has 4 heterocycles. The number of anilines is 2. The summed E-state index contributed by atoms with van der Waals surface area (Å²) in [6, 6.07) is 14.0. The van der Waals surface area contributed by atoms with Crippen molar-refractivity contribution in [2.75, 3.05) is 25.1 Å². The zero-order chi connectivity index (χ0) is 25.9. The number of carbonyl (C=O) groups is 1. The SMILES string of the molecule is O=C(CO)N1CCCC[C@@H]1COc1cccc2ncnc(Nc3ccc4c(ccn4Cc4cscn4)c3)c12. The number of amides is 1. The van der Waals surface area contributed by atoms with Gasteiger partial charge in [0.2, 0.25) is 5.91 Å². The largest absolute Gasteiger partial charge is 0.491 e. The number of likely N-dealkylation sites (tertiary alicyclic amines) is 1. The molecular weight excluding hydrogens is 500 g/mol. The molecule has 0 bridgehead atoms. The van der Waals surface area contributed by atoms with Crippen molar-refractivity contribution in [3.8, 4) is 5.75 Å². The van der Waals surface area contributed by atoms with Crippen molar-refractivity contribution < 1.29 is 14.6 Å². The highest BCUT2D eigenvalue weighted by Crippen LogP contribution is 2.33. The lowest BCUT2D eigenvalue weighted by Crippen LogP contribution is -2.47. The van der Waals surface area contributed by atoms with E-state index in [9.17, 15) is 9.90 Å². The second-order valence-corrected chi connectivity index (χ2v) is 10.1. The van der Waals surface area contributed by atoms with E-state index in [0.29, 0.717) is 24.7 Å². The standard InChI is InChI=1S/C28H28N6O3S/c35-14-26(36)34-10-2-1-4-22(34)15-37-25-6-3-5-23-27(25)28(30-17-29-23)32-20-7-8-24-19(12-20)9-11-33(24)13-21-16-38-18-31-21/h3,5-9,11-12,16-18,22,35H,1-2,4,10,13-15H2,(H,29,30,32)/t22-/m1/s1. The van der Waals surface area contributed by atoms with Crippen molar-refractivity contribution in [3.05, 3.63) is 71.6 Å². The Balaban J connectivity index is 1.25. The molecule has 1 atom stereocenters. The first-order valence-electron chi connectivity index (χ1n) is 12.7. The van der Waals surface area contributed by atoms with Crippen LogP contribution in [0.1, 0.15) is 25.0 Å². The number of nitrogens with zero attached hydrogens (tertiary/aromatic N) is 5. The van der Waals surface area contributed by atoms with E-state index in [0.717, 1.165) is 59.0 Å². The average molecular weight is 529 g/mol. The van der Waals surface area contributed by atoms with Crippen LogP contribution in [0.2, 0.25) is 0 Å². The van der Waals surface area contributed by atoms with Crippen LogP contribution in [-0.4, -0.2) is 61.2 Å². The Morgan fingerprint density at radius 1 is 1.16 bits per heavy atom. The second-order valence-electron chi connectivity index (χ2n) is 9.40. The third-order valence-corrected chi connectivity index (χ3v) is 7.62. The average Bonchev–Trinajstić information content (AvgIpc) is 3.62. The first-order valence-corrected chi connectivity index (χ1v) is 13.6. The first-order chi connectivity index (χ1) is 18.7. The Labute approximate surface area is 223 Å². The maximum absolute atomic E-state index is 12.2. The number of thiazole rings is 1. The molecule has 38 heavy (non-hydrogen) atoms. The van der Waals surface area contributed by atoms with E-state index in [-0.39, 0.29) is 11.9 Å². The van der Waals surface area contributed by atoms with Gasteiger partial charge in [-0.25, -0.2) is 15.0 Å². The molecular formula is C28H28N6O3S. The van der Waals surface area contributed by atoms with Gasteiger partial charge in [0, 0.05) is 34.7 Å². The Hall–Kier alpha value is -4.02. The number of hydrogen-bond donors (Lipinski definition) is 2. The number of benzene rings is 2. The predicted molar refractivity (Wildman–Crippen MR) is 148 cm³/mol. The fourth-order valence-corrected chi connectivity index (χ4v) is 5.66. The van der Waals surface area contributed by atoms with Crippen molar-refractivity contribution in [1.82, 2.24) is 24.4 Å².